The van der Waals surface area contributed by atoms with Crippen LogP contribution in [0.5, 0.6) is 0 Å². The Kier molecular flexibility index (Phi) is 7.43. The zero-order valence-corrected chi connectivity index (χ0v) is 25.2. The van der Waals surface area contributed by atoms with E-state index in [1.54, 1.807) is 4.57 Å². The lowest BCUT2D eigenvalue weighted by atomic mass is 9.83. The van der Waals surface area contributed by atoms with Crippen LogP contribution in [0.25, 0.3) is 10.9 Å². The molecule has 3 heterocycles. The minimum atomic E-state index is -0.610. The van der Waals surface area contributed by atoms with Gasteiger partial charge in [-0.05, 0) is 101 Å². The Labute approximate surface area is 247 Å². The largest absolute Gasteiger partial charge is 0.465 e. The quantitative estimate of drug-likeness (QED) is 0.230. The van der Waals surface area contributed by atoms with Gasteiger partial charge in [-0.15, -0.1) is 0 Å². The average Bonchev–Trinajstić information content (AvgIpc) is 3.56. The molecule has 6 rings (SSSR count). The predicted octanol–water partition coefficient (Wildman–Crippen LogP) is 7.17. The summed E-state index contributed by atoms with van der Waals surface area (Å²) in [6, 6.07) is 16.6. The number of rotatable bonds is 6. The molecule has 8 nitrogen and oxygen atoms in total. The van der Waals surface area contributed by atoms with Crippen LogP contribution in [0, 0.1) is 6.92 Å². The number of esters is 1. The minimum Gasteiger partial charge on any atom is -0.465 e. The first-order valence-electron chi connectivity index (χ1n) is 14.9. The van der Waals surface area contributed by atoms with Gasteiger partial charge in [-0.3, -0.25) is 9.58 Å². The lowest BCUT2D eigenvalue weighted by molar-refractivity contribution is 0.0528. The summed E-state index contributed by atoms with van der Waals surface area (Å²) in [4.78, 5) is 28.2. The van der Waals surface area contributed by atoms with Crippen molar-refractivity contribution in [3.05, 3.63) is 88.9 Å². The highest BCUT2D eigenvalue weighted by Crippen LogP contribution is 2.42. The third kappa shape index (κ3) is 5.73. The number of fused-ring (bicyclic) bond motifs is 1. The lowest BCUT2D eigenvalue weighted by Crippen LogP contribution is -2.37. The van der Waals surface area contributed by atoms with Gasteiger partial charge in [0.1, 0.15) is 5.60 Å². The van der Waals surface area contributed by atoms with Gasteiger partial charge < -0.3 is 9.47 Å². The zero-order chi connectivity index (χ0) is 29.6. The fourth-order valence-electron chi connectivity index (χ4n) is 6.25. The SMILES string of the molecule is COC(=O)c1ccc(C2CC(c3cnn(C4CC4)c3)CCN2Cc2cc3cccc(C)c3n2C(=O)OC(C)(C)C)cc1. The number of likely N-dealkylation sites (tertiary alicyclic amines) is 1. The molecule has 2 aliphatic rings. The molecule has 42 heavy (non-hydrogen) atoms. The summed E-state index contributed by atoms with van der Waals surface area (Å²) in [6.07, 6.45) is 8.25. The molecule has 0 amide bonds. The highest BCUT2D eigenvalue weighted by atomic mass is 16.6. The second-order valence-corrected chi connectivity index (χ2v) is 12.8. The number of aryl methyl sites for hydroxylation is 1. The Morgan fingerprint density at radius 1 is 1.02 bits per heavy atom. The number of hydrogen-bond donors (Lipinski definition) is 0. The molecule has 2 aromatic carbocycles. The van der Waals surface area contributed by atoms with Crippen LogP contribution in [-0.2, 0) is 16.0 Å². The molecular formula is C34H40N4O4. The van der Waals surface area contributed by atoms with Crippen LogP contribution < -0.4 is 0 Å². The molecule has 0 bridgehead atoms. The van der Waals surface area contributed by atoms with E-state index in [0.29, 0.717) is 24.1 Å². The monoisotopic (exact) mass is 568 g/mol. The highest BCUT2D eigenvalue weighted by molar-refractivity contribution is 5.93. The Hall–Kier alpha value is -3.91. The molecule has 1 saturated heterocycles. The normalized spacial score (nSPS) is 19.6. The van der Waals surface area contributed by atoms with Gasteiger partial charge in [0.2, 0.25) is 0 Å². The molecule has 0 radical (unpaired) electrons. The minimum absolute atomic E-state index is 0.0888. The topological polar surface area (TPSA) is 78.6 Å². The van der Waals surface area contributed by atoms with Crippen LogP contribution in [0.3, 0.4) is 0 Å². The number of aromatic nitrogens is 3. The van der Waals surface area contributed by atoms with Gasteiger partial charge in [0.25, 0.3) is 0 Å². The molecule has 2 fully saturated rings. The number of carbonyl (C=O) groups excluding carboxylic acids is 2. The van der Waals surface area contributed by atoms with Crippen molar-refractivity contribution in [1.29, 1.82) is 0 Å². The van der Waals surface area contributed by atoms with E-state index < -0.39 is 5.60 Å². The molecule has 0 spiro atoms. The van der Waals surface area contributed by atoms with Crippen molar-refractivity contribution in [1.82, 2.24) is 19.2 Å². The lowest BCUT2D eigenvalue weighted by Gasteiger charge is -2.40. The van der Waals surface area contributed by atoms with Crippen molar-refractivity contribution in [3.63, 3.8) is 0 Å². The first-order valence-corrected chi connectivity index (χ1v) is 14.9. The predicted molar refractivity (Wildman–Crippen MR) is 162 cm³/mol. The van der Waals surface area contributed by atoms with Gasteiger partial charge in [0.15, 0.2) is 0 Å². The first-order chi connectivity index (χ1) is 20.1. The van der Waals surface area contributed by atoms with E-state index in [-0.39, 0.29) is 18.1 Å². The second-order valence-electron chi connectivity index (χ2n) is 12.8. The first kappa shape index (κ1) is 28.2. The van der Waals surface area contributed by atoms with E-state index in [0.717, 1.165) is 47.1 Å². The van der Waals surface area contributed by atoms with Crippen LogP contribution in [0.4, 0.5) is 4.79 Å². The van der Waals surface area contributed by atoms with Crippen molar-refractivity contribution < 1.29 is 19.1 Å². The Morgan fingerprint density at radius 2 is 1.79 bits per heavy atom. The molecule has 1 aliphatic heterocycles. The van der Waals surface area contributed by atoms with Crippen LogP contribution >= 0.6 is 0 Å². The summed E-state index contributed by atoms with van der Waals surface area (Å²) in [5.41, 5.74) is 5.18. The fourth-order valence-corrected chi connectivity index (χ4v) is 6.25. The van der Waals surface area contributed by atoms with Crippen LogP contribution in [0.15, 0.2) is 60.9 Å². The Bertz CT molecular complexity index is 1610. The van der Waals surface area contributed by atoms with E-state index in [1.165, 1.54) is 25.5 Å². The van der Waals surface area contributed by atoms with E-state index in [2.05, 4.69) is 33.0 Å². The second kappa shape index (κ2) is 11.1. The number of methoxy groups -OCH3 is 1. The molecule has 1 saturated carbocycles. The van der Waals surface area contributed by atoms with E-state index in [4.69, 9.17) is 9.47 Å². The highest BCUT2D eigenvalue weighted by Gasteiger charge is 2.34. The number of nitrogens with zero attached hydrogens (tertiary/aromatic N) is 4. The molecule has 4 aromatic rings. The van der Waals surface area contributed by atoms with Gasteiger partial charge in [0.05, 0.1) is 30.4 Å². The molecule has 2 aromatic heterocycles. The summed E-state index contributed by atoms with van der Waals surface area (Å²) in [6.45, 7) is 9.17. The zero-order valence-electron chi connectivity index (χ0n) is 25.2. The molecule has 220 valence electrons. The average molecular weight is 569 g/mol. The Balaban J connectivity index is 1.35. The smallest absolute Gasteiger partial charge is 0.419 e. The van der Waals surface area contributed by atoms with E-state index in [1.807, 2.05) is 70.3 Å². The maximum atomic E-state index is 13.6. The van der Waals surface area contributed by atoms with Crippen molar-refractivity contribution in [2.75, 3.05) is 13.7 Å². The standard InChI is InChI=1S/C34H40N4O4/c1-22-7-6-8-26-17-29(38(31(22)26)33(40)42-34(2,3)4)21-36-16-15-25(27-19-35-37(20-27)28-13-14-28)18-30(36)23-9-11-24(12-10-23)32(39)41-5/h6-12,17,19-20,25,28,30H,13-16,18,21H2,1-5H3. The molecule has 2 atom stereocenters. The third-order valence-corrected chi connectivity index (χ3v) is 8.49. The molecule has 2 unspecified atom stereocenters. The molecular weight excluding hydrogens is 528 g/mol. The molecule has 0 N–H and O–H groups in total. The number of hydrogen-bond acceptors (Lipinski definition) is 6. The van der Waals surface area contributed by atoms with Crippen molar-refractivity contribution in [2.45, 2.75) is 83.5 Å². The number of carbonyl (C=O) groups is 2. The summed E-state index contributed by atoms with van der Waals surface area (Å²) < 4.78 is 14.7. The number of para-hydroxylation sites is 1. The molecule has 8 heteroatoms. The van der Waals surface area contributed by atoms with Gasteiger partial charge in [-0.2, -0.15) is 5.10 Å². The van der Waals surface area contributed by atoms with Gasteiger partial charge in [-0.1, -0.05) is 30.3 Å². The van der Waals surface area contributed by atoms with Crippen molar-refractivity contribution in [3.8, 4) is 0 Å². The summed E-state index contributed by atoms with van der Waals surface area (Å²) in [5, 5.41) is 5.69. The molecule has 1 aliphatic carbocycles. The van der Waals surface area contributed by atoms with Crippen molar-refractivity contribution in [2.24, 2.45) is 0 Å². The van der Waals surface area contributed by atoms with E-state index >= 15 is 0 Å². The number of piperidine rings is 1. The van der Waals surface area contributed by atoms with E-state index in [9.17, 15) is 9.59 Å². The van der Waals surface area contributed by atoms with Crippen LogP contribution in [-0.4, -0.2) is 50.6 Å². The summed E-state index contributed by atoms with van der Waals surface area (Å²) in [5.74, 6) is 0.0302. The summed E-state index contributed by atoms with van der Waals surface area (Å²) >= 11 is 0. The van der Waals surface area contributed by atoms with Gasteiger partial charge in [-0.25, -0.2) is 14.2 Å². The summed E-state index contributed by atoms with van der Waals surface area (Å²) in [7, 11) is 1.40. The third-order valence-electron chi connectivity index (χ3n) is 8.49. The van der Waals surface area contributed by atoms with Gasteiger partial charge in [0, 0.05) is 29.9 Å². The van der Waals surface area contributed by atoms with Crippen LogP contribution in [0.2, 0.25) is 0 Å². The van der Waals surface area contributed by atoms with Crippen LogP contribution in [0.1, 0.15) is 97.2 Å². The fraction of sp³-hybridized carbons (Fsp3) is 0.441. The number of ether oxygens (including phenoxy) is 2. The van der Waals surface area contributed by atoms with Gasteiger partial charge >= 0.3 is 12.1 Å². The maximum Gasteiger partial charge on any atom is 0.419 e. The van der Waals surface area contributed by atoms with Crippen molar-refractivity contribution >= 4 is 23.0 Å². The number of benzene rings is 2. The Morgan fingerprint density at radius 3 is 2.48 bits per heavy atom. The maximum absolute atomic E-state index is 13.6.